The predicted octanol–water partition coefficient (Wildman–Crippen LogP) is 2.92. The molecule has 0 saturated heterocycles. The van der Waals surface area contributed by atoms with Crippen LogP contribution in [-0.4, -0.2) is 60.4 Å². The third-order valence-corrected chi connectivity index (χ3v) is 6.87. The summed E-state index contributed by atoms with van der Waals surface area (Å²) in [6, 6.07) is 10.00. The Morgan fingerprint density at radius 3 is 2.46 bits per heavy atom. The van der Waals surface area contributed by atoms with E-state index in [1.165, 1.54) is 0 Å². The molecule has 1 aromatic carbocycles. The zero-order valence-corrected chi connectivity index (χ0v) is 20.2. The molecule has 0 aliphatic rings. The van der Waals surface area contributed by atoms with E-state index in [1.54, 1.807) is 27.8 Å². The normalized spacial score (nSPS) is 12.4. The quantitative estimate of drug-likeness (QED) is 0.348. The summed E-state index contributed by atoms with van der Waals surface area (Å²) in [5.41, 5.74) is 2.03. The molecular formula is C19H30IN5O2S. The number of rotatable bonds is 6. The van der Waals surface area contributed by atoms with Gasteiger partial charge in [0.1, 0.15) is 5.82 Å². The van der Waals surface area contributed by atoms with Gasteiger partial charge < -0.3 is 15.2 Å². The summed E-state index contributed by atoms with van der Waals surface area (Å²) in [6.45, 7) is 5.97. The Kier molecular flexibility index (Phi) is 8.93. The molecule has 2 aromatic rings. The molecule has 2 N–H and O–H groups in total. The second kappa shape index (κ2) is 10.2. The molecule has 1 aromatic heterocycles. The fraction of sp³-hybridized carbons (Fsp3) is 0.474. The van der Waals surface area contributed by atoms with Gasteiger partial charge in [0.15, 0.2) is 15.8 Å². The Balaban J connectivity index is 0.00000392. The lowest BCUT2D eigenvalue weighted by Crippen LogP contribution is -2.42. The van der Waals surface area contributed by atoms with Crippen molar-refractivity contribution >= 4 is 39.8 Å². The van der Waals surface area contributed by atoms with Crippen LogP contribution in [0.1, 0.15) is 26.6 Å². The van der Waals surface area contributed by atoms with Crippen LogP contribution in [0.4, 0.5) is 0 Å². The first-order chi connectivity index (χ1) is 12.6. The third-order valence-electron chi connectivity index (χ3n) is 4.26. The lowest BCUT2D eigenvalue weighted by atomic mass is 10.2. The molecule has 0 bridgehead atoms. The predicted molar refractivity (Wildman–Crippen MR) is 126 cm³/mol. The number of benzene rings is 1. The minimum Gasteiger partial charge on any atom is -0.355 e. The van der Waals surface area contributed by atoms with Crippen LogP contribution in [0.3, 0.4) is 0 Å². The smallest absolute Gasteiger partial charge is 0.193 e. The molecule has 0 radical (unpaired) electrons. The first-order valence-corrected chi connectivity index (χ1v) is 10.5. The Labute approximate surface area is 185 Å². The maximum Gasteiger partial charge on any atom is 0.193 e. The van der Waals surface area contributed by atoms with E-state index in [-0.39, 0.29) is 29.7 Å². The van der Waals surface area contributed by atoms with Crippen molar-refractivity contribution in [3.8, 4) is 11.3 Å². The van der Waals surface area contributed by atoms with Crippen LogP contribution in [0, 0.1) is 0 Å². The van der Waals surface area contributed by atoms with Crippen LogP contribution in [0.2, 0.25) is 0 Å². The molecular weight excluding hydrogens is 489 g/mol. The van der Waals surface area contributed by atoms with Gasteiger partial charge in [-0.15, -0.1) is 24.0 Å². The first kappa shape index (κ1) is 24.4. The number of H-pyrrole nitrogens is 1. The largest absolute Gasteiger partial charge is 0.355 e. The van der Waals surface area contributed by atoms with Gasteiger partial charge in [0.2, 0.25) is 0 Å². The van der Waals surface area contributed by atoms with Crippen molar-refractivity contribution in [2.45, 2.75) is 32.1 Å². The molecule has 28 heavy (non-hydrogen) atoms. The number of hydrogen-bond acceptors (Lipinski definition) is 4. The van der Waals surface area contributed by atoms with Crippen molar-refractivity contribution in [1.82, 2.24) is 20.2 Å². The van der Waals surface area contributed by atoms with E-state index in [9.17, 15) is 8.42 Å². The molecule has 0 unspecified atom stereocenters. The van der Waals surface area contributed by atoms with Crippen molar-refractivity contribution in [3.05, 3.63) is 42.4 Å². The van der Waals surface area contributed by atoms with Crippen LogP contribution in [0.5, 0.6) is 0 Å². The van der Waals surface area contributed by atoms with E-state index in [0.717, 1.165) is 17.1 Å². The van der Waals surface area contributed by atoms with Gasteiger partial charge in [-0.25, -0.2) is 13.4 Å². The lowest BCUT2D eigenvalue weighted by Gasteiger charge is -2.23. The van der Waals surface area contributed by atoms with Crippen molar-refractivity contribution in [1.29, 1.82) is 0 Å². The maximum atomic E-state index is 12.2. The van der Waals surface area contributed by atoms with E-state index in [0.29, 0.717) is 19.0 Å². The Morgan fingerprint density at radius 1 is 1.25 bits per heavy atom. The molecule has 0 spiro atoms. The molecule has 2 rings (SSSR count). The average molecular weight is 519 g/mol. The van der Waals surface area contributed by atoms with Gasteiger partial charge in [0, 0.05) is 20.6 Å². The van der Waals surface area contributed by atoms with E-state index in [4.69, 9.17) is 0 Å². The number of halogens is 1. The van der Waals surface area contributed by atoms with E-state index in [1.807, 2.05) is 48.5 Å². The summed E-state index contributed by atoms with van der Waals surface area (Å²) >= 11 is 0. The van der Waals surface area contributed by atoms with Gasteiger partial charge >= 0.3 is 0 Å². The van der Waals surface area contributed by atoms with Gasteiger partial charge in [-0.2, -0.15) is 0 Å². The Hall–Kier alpha value is -1.62. The van der Waals surface area contributed by atoms with Gasteiger partial charge in [-0.05, 0) is 26.3 Å². The number of sulfone groups is 1. The van der Waals surface area contributed by atoms with Crippen molar-refractivity contribution < 1.29 is 8.42 Å². The minimum atomic E-state index is -3.17. The lowest BCUT2D eigenvalue weighted by molar-refractivity contribution is 0.465. The summed E-state index contributed by atoms with van der Waals surface area (Å²) < 4.78 is 23.7. The Morgan fingerprint density at radius 2 is 1.89 bits per heavy atom. The summed E-state index contributed by atoms with van der Waals surface area (Å²) in [7, 11) is 0.394. The topological polar surface area (TPSA) is 90.4 Å². The van der Waals surface area contributed by atoms with Crippen LogP contribution >= 0.6 is 24.0 Å². The van der Waals surface area contributed by atoms with Gasteiger partial charge in [-0.3, -0.25) is 4.99 Å². The molecule has 0 aliphatic heterocycles. The number of imidazole rings is 1. The number of nitrogens with one attached hydrogen (secondary N) is 2. The first-order valence-electron chi connectivity index (χ1n) is 8.87. The van der Waals surface area contributed by atoms with Crippen molar-refractivity contribution in [3.63, 3.8) is 0 Å². The fourth-order valence-corrected chi connectivity index (χ4v) is 3.48. The SMILES string of the molecule is CN=C(NCCS(=O)(=O)C(C)(C)C)N(C)Cc1ncc(-c2ccccc2)[nH]1.I. The molecule has 0 amide bonds. The zero-order valence-electron chi connectivity index (χ0n) is 17.1. The van der Waals surface area contributed by atoms with E-state index >= 15 is 0 Å². The average Bonchev–Trinajstić information content (AvgIpc) is 3.07. The highest BCUT2D eigenvalue weighted by Gasteiger charge is 2.28. The molecule has 0 aliphatic carbocycles. The van der Waals surface area contributed by atoms with Crippen molar-refractivity contribution in [2.24, 2.45) is 4.99 Å². The summed E-state index contributed by atoms with van der Waals surface area (Å²) in [6.07, 6.45) is 1.81. The number of hydrogen-bond donors (Lipinski definition) is 2. The molecule has 156 valence electrons. The van der Waals surface area contributed by atoms with E-state index in [2.05, 4.69) is 20.3 Å². The zero-order chi connectivity index (χ0) is 20.1. The van der Waals surface area contributed by atoms with Crippen LogP contribution in [0.25, 0.3) is 11.3 Å². The fourth-order valence-electron chi connectivity index (χ4n) is 2.49. The molecule has 0 fully saturated rings. The highest BCUT2D eigenvalue weighted by molar-refractivity contribution is 14.0. The Bertz CT molecular complexity index is 873. The summed E-state index contributed by atoms with van der Waals surface area (Å²) in [5.74, 6) is 1.49. The second-order valence-electron chi connectivity index (χ2n) is 7.37. The maximum absolute atomic E-state index is 12.2. The second-order valence-corrected chi connectivity index (χ2v) is 10.2. The van der Waals surface area contributed by atoms with Gasteiger partial charge in [0.05, 0.1) is 28.9 Å². The van der Waals surface area contributed by atoms with Gasteiger partial charge in [0.25, 0.3) is 0 Å². The molecule has 9 heteroatoms. The number of aromatic amines is 1. The highest BCUT2D eigenvalue weighted by atomic mass is 127. The van der Waals surface area contributed by atoms with Crippen LogP contribution in [-0.2, 0) is 16.4 Å². The molecule has 7 nitrogen and oxygen atoms in total. The minimum absolute atomic E-state index is 0. The number of aliphatic imine (C=N–C) groups is 1. The third kappa shape index (κ3) is 6.47. The summed E-state index contributed by atoms with van der Waals surface area (Å²) in [4.78, 5) is 13.9. The van der Waals surface area contributed by atoms with E-state index < -0.39 is 14.6 Å². The summed E-state index contributed by atoms with van der Waals surface area (Å²) in [5, 5.41) is 3.11. The van der Waals surface area contributed by atoms with Crippen LogP contribution in [0.15, 0.2) is 41.5 Å². The standard InChI is InChI=1S/C19H29N5O2S.HI/c1-19(2,3)27(25,26)12-11-21-18(20-4)24(5)14-17-22-13-16(23-17)15-9-7-6-8-10-15;/h6-10,13H,11-12,14H2,1-5H3,(H,20,21)(H,22,23);1H. The number of nitrogens with zero attached hydrogens (tertiary/aromatic N) is 3. The number of aromatic nitrogens is 2. The highest BCUT2D eigenvalue weighted by Crippen LogP contribution is 2.17. The molecule has 1 heterocycles. The van der Waals surface area contributed by atoms with Crippen LogP contribution < -0.4 is 5.32 Å². The molecule has 0 saturated carbocycles. The van der Waals surface area contributed by atoms with Gasteiger partial charge in [-0.1, -0.05) is 30.3 Å². The monoisotopic (exact) mass is 519 g/mol. The molecule has 0 atom stereocenters. The number of guanidine groups is 1. The van der Waals surface area contributed by atoms with Crippen molar-refractivity contribution in [2.75, 3.05) is 26.4 Å².